The minimum Gasteiger partial charge on any atom is -0.216 e. The van der Waals surface area contributed by atoms with Crippen molar-refractivity contribution < 1.29 is 0 Å². The molecular formula is C9H4BrN3S2. The van der Waals surface area contributed by atoms with Crippen molar-refractivity contribution in [3.05, 3.63) is 34.6 Å². The number of hydrogen-bond donors (Lipinski definition) is 0. The fourth-order valence-electron chi connectivity index (χ4n) is 0.995. The first kappa shape index (κ1) is 10.6. The minimum absolute atomic E-state index is 0.636. The van der Waals surface area contributed by atoms with Gasteiger partial charge in [-0.05, 0) is 29.7 Å². The highest BCUT2D eigenvalue weighted by Crippen LogP contribution is 2.30. The largest absolute Gasteiger partial charge is 0.216 e. The van der Waals surface area contributed by atoms with E-state index in [0.29, 0.717) is 5.56 Å². The van der Waals surface area contributed by atoms with Gasteiger partial charge in [0.1, 0.15) is 6.33 Å². The molecule has 1 aromatic heterocycles. The number of hydrogen-bond acceptors (Lipinski definition) is 5. The summed E-state index contributed by atoms with van der Waals surface area (Å²) < 4.78 is 5.69. The second-order valence-electron chi connectivity index (χ2n) is 2.60. The fourth-order valence-corrected chi connectivity index (χ4v) is 3.16. The zero-order chi connectivity index (χ0) is 10.7. The summed E-state index contributed by atoms with van der Waals surface area (Å²) in [5.41, 5.74) is 0.636. The van der Waals surface area contributed by atoms with E-state index in [4.69, 9.17) is 5.26 Å². The molecule has 0 aliphatic heterocycles. The van der Waals surface area contributed by atoms with Gasteiger partial charge >= 0.3 is 0 Å². The topological polar surface area (TPSA) is 49.6 Å². The summed E-state index contributed by atoms with van der Waals surface area (Å²) in [6, 6.07) is 7.68. The molecule has 0 aliphatic carbocycles. The maximum atomic E-state index is 8.81. The van der Waals surface area contributed by atoms with E-state index in [1.54, 1.807) is 6.07 Å². The van der Waals surface area contributed by atoms with E-state index in [1.165, 1.54) is 29.6 Å². The molecule has 0 saturated carbocycles. The third kappa shape index (κ3) is 2.78. The van der Waals surface area contributed by atoms with E-state index in [9.17, 15) is 0 Å². The number of halogens is 1. The summed E-state index contributed by atoms with van der Waals surface area (Å²) in [5.74, 6) is 0. The fraction of sp³-hybridized carbons (Fsp3) is 0. The molecule has 0 aliphatic rings. The van der Waals surface area contributed by atoms with Crippen LogP contribution in [0.3, 0.4) is 0 Å². The van der Waals surface area contributed by atoms with Crippen molar-refractivity contribution in [2.45, 2.75) is 9.24 Å². The smallest absolute Gasteiger partial charge is 0.174 e. The van der Waals surface area contributed by atoms with E-state index < -0.39 is 0 Å². The molecule has 2 aromatic rings. The third-order valence-corrected chi connectivity index (χ3v) is 3.69. The van der Waals surface area contributed by atoms with Gasteiger partial charge in [-0.3, -0.25) is 0 Å². The SMILES string of the molecule is N#Cc1cc(Br)cc(Sc2ncns2)c1. The van der Waals surface area contributed by atoms with Crippen LogP contribution in [0.1, 0.15) is 5.56 Å². The number of aromatic nitrogens is 2. The first-order valence-corrected chi connectivity index (χ1v) is 6.31. The van der Waals surface area contributed by atoms with Crippen molar-refractivity contribution >= 4 is 39.2 Å². The molecule has 0 unspecified atom stereocenters. The maximum Gasteiger partial charge on any atom is 0.174 e. The molecule has 1 heterocycles. The molecule has 0 saturated heterocycles. The summed E-state index contributed by atoms with van der Waals surface area (Å²) in [6.45, 7) is 0. The standard InChI is InChI=1S/C9H4BrN3S2/c10-7-1-6(4-11)2-8(3-7)14-9-12-5-13-15-9/h1-3,5H. The Morgan fingerprint density at radius 2 is 2.27 bits per heavy atom. The molecule has 0 atom stereocenters. The summed E-state index contributed by atoms with van der Waals surface area (Å²) in [5, 5.41) is 8.81. The quantitative estimate of drug-likeness (QED) is 0.853. The molecule has 0 amide bonds. The van der Waals surface area contributed by atoms with Gasteiger partial charge in [-0.25, -0.2) is 4.98 Å². The van der Waals surface area contributed by atoms with Gasteiger partial charge in [0.05, 0.1) is 11.6 Å². The van der Waals surface area contributed by atoms with Crippen molar-refractivity contribution in [3.63, 3.8) is 0 Å². The Hall–Kier alpha value is -0.900. The second kappa shape index (κ2) is 4.75. The Labute approximate surface area is 103 Å². The minimum atomic E-state index is 0.636. The summed E-state index contributed by atoms with van der Waals surface area (Å²) >= 11 is 6.20. The lowest BCUT2D eigenvalue weighted by atomic mass is 10.2. The van der Waals surface area contributed by atoms with Crippen LogP contribution in [-0.2, 0) is 0 Å². The predicted octanol–water partition coefficient (Wildman–Crippen LogP) is 3.32. The molecule has 0 radical (unpaired) electrons. The number of nitrogens with zero attached hydrogens (tertiary/aromatic N) is 3. The molecule has 2 rings (SSSR count). The summed E-state index contributed by atoms with van der Waals surface area (Å²) in [4.78, 5) is 5.05. The van der Waals surface area contributed by atoms with Crippen molar-refractivity contribution in [2.24, 2.45) is 0 Å². The molecule has 0 spiro atoms. The van der Waals surface area contributed by atoms with E-state index in [-0.39, 0.29) is 0 Å². The third-order valence-electron chi connectivity index (χ3n) is 1.55. The molecule has 1 aromatic carbocycles. The zero-order valence-electron chi connectivity index (χ0n) is 7.35. The average Bonchev–Trinajstić information content (AvgIpc) is 2.69. The molecule has 3 nitrogen and oxygen atoms in total. The number of rotatable bonds is 2. The van der Waals surface area contributed by atoms with E-state index in [1.807, 2.05) is 12.1 Å². The van der Waals surface area contributed by atoms with Crippen LogP contribution in [-0.4, -0.2) is 9.36 Å². The Kier molecular flexibility index (Phi) is 3.36. The van der Waals surface area contributed by atoms with Crippen LogP contribution in [0, 0.1) is 11.3 Å². The molecule has 0 bridgehead atoms. The van der Waals surface area contributed by atoms with Crippen molar-refractivity contribution in [1.82, 2.24) is 9.36 Å². The Morgan fingerprint density at radius 1 is 1.40 bits per heavy atom. The van der Waals surface area contributed by atoms with E-state index in [0.717, 1.165) is 13.7 Å². The van der Waals surface area contributed by atoms with Gasteiger partial charge in [-0.1, -0.05) is 27.7 Å². The Balaban J connectivity index is 2.29. The molecule has 74 valence electrons. The number of benzene rings is 1. The maximum absolute atomic E-state index is 8.81. The monoisotopic (exact) mass is 297 g/mol. The lowest BCUT2D eigenvalue weighted by molar-refractivity contribution is 1.21. The lowest BCUT2D eigenvalue weighted by Gasteiger charge is -1.99. The predicted molar refractivity (Wildman–Crippen MR) is 62.9 cm³/mol. The van der Waals surface area contributed by atoms with Crippen LogP contribution < -0.4 is 0 Å². The lowest BCUT2D eigenvalue weighted by Crippen LogP contribution is -1.78. The summed E-state index contributed by atoms with van der Waals surface area (Å²) in [7, 11) is 0. The van der Waals surface area contributed by atoms with Gasteiger partial charge in [-0.15, -0.1) is 0 Å². The molecule has 15 heavy (non-hydrogen) atoms. The molecule has 0 N–H and O–H groups in total. The van der Waals surface area contributed by atoms with Crippen LogP contribution in [0.4, 0.5) is 0 Å². The second-order valence-corrected chi connectivity index (χ2v) is 5.61. The Morgan fingerprint density at radius 3 is 2.93 bits per heavy atom. The summed E-state index contributed by atoms with van der Waals surface area (Å²) in [6.07, 6.45) is 1.52. The molecular weight excluding hydrogens is 294 g/mol. The number of nitriles is 1. The highest BCUT2D eigenvalue weighted by Gasteiger charge is 2.03. The van der Waals surface area contributed by atoms with Crippen molar-refractivity contribution in [1.29, 1.82) is 5.26 Å². The normalized spacial score (nSPS) is 9.87. The highest BCUT2D eigenvalue weighted by molar-refractivity contribution is 9.10. The van der Waals surface area contributed by atoms with Crippen molar-refractivity contribution in [2.75, 3.05) is 0 Å². The average molecular weight is 298 g/mol. The van der Waals surface area contributed by atoms with Crippen molar-refractivity contribution in [3.8, 4) is 6.07 Å². The van der Waals surface area contributed by atoms with Gasteiger partial charge in [0.15, 0.2) is 4.34 Å². The van der Waals surface area contributed by atoms with Crippen LogP contribution in [0.2, 0.25) is 0 Å². The van der Waals surface area contributed by atoms with Gasteiger partial charge in [0.2, 0.25) is 0 Å². The highest BCUT2D eigenvalue weighted by atomic mass is 79.9. The zero-order valence-corrected chi connectivity index (χ0v) is 10.6. The van der Waals surface area contributed by atoms with Crippen LogP contribution in [0.5, 0.6) is 0 Å². The molecule has 6 heteroatoms. The first-order valence-electron chi connectivity index (χ1n) is 3.93. The van der Waals surface area contributed by atoms with Gasteiger partial charge < -0.3 is 0 Å². The molecule has 0 fully saturated rings. The van der Waals surface area contributed by atoms with Gasteiger partial charge in [-0.2, -0.15) is 9.64 Å². The van der Waals surface area contributed by atoms with Crippen LogP contribution in [0.25, 0.3) is 0 Å². The first-order chi connectivity index (χ1) is 7.28. The van der Waals surface area contributed by atoms with Gasteiger partial charge in [0, 0.05) is 9.37 Å². The Bertz CT molecular complexity index is 505. The van der Waals surface area contributed by atoms with E-state index in [2.05, 4.69) is 31.4 Å². The van der Waals surface area contributed by atoms with Crippen LogP contribution >= 0.6 is 39.2 Å². The van der Waals surface area contributed by atoms with Gasteiger partial charge in [0.25, 0.3) is 0 Å². The van der Waals surface area contributed by atoms with E-state index >= 15 is 0 Å². The van der Waals surface area contributed by atoms with Crippen LogP contribution in [0.15, 0.2) is 38.2 Å².